The van der Waals surface area contributed by atoms with Crippen molar-refractivity contribution in [2.45, 2.75) is 56.6 Å². The van der Waals surface area contributed by atoms with E-state index in [1.807, 2.05) is 6.92 Å². The third-order valence-electron chi connectivity index (χ3n) is 7.60. The Bertz CT molecular complexity index is 1340. The van der Waals surface area contributed by atoms with E-state index >= 15 is 0 Å². The van der Waals surface area contributed by atoms with Crippen molar-refractivity contribution in [2.75, 3.05) is 13.7 Å². The summed E-state index contributed by atoms with van der Waals surface area (Å²) in [5.74, 6) is -5.78. The minimum Gasteiger partial charge on any atom is -0.503 e. The number of carbonyl (C=O) groups is 2. The lowest BCUT2D eigenvalue weighted by Gasteiger charge is -2.42. The minimum absolute atomic E-state index is 0.108. The van der Waals surface area contributed by atoms with E-state index in [2.05, 4.69) is 0 Å². The average Bonchev–Trinajstić information content (AvgIpc) is 3.14. The summed E-state index contributed by atoms with van der Waals surface area (Å²) >= 11 is 0. The van der Waals surface area contributed by atoms with Crippen molar-refractivity contribution in [3.05, 3.63) is 62.8 Å². The Morgan fingerprint density at radius 2 is 1.95 bits per heavy atom. The molecule has 2 fully saturated rings. The van der Waals surface area contributed by atoms with E-state index < -0.39 is 76.0 Å². The molecule has 198 valence electrons. The van der Waals surface area contributed by atoms with Crippen molar-refractivity contribution in [2.24, 2.45) is 5.73 Å². The Balaban J connectivity index is 1.62. The van der Waals surface area contributed by atoms with Gasteiger partial charge < -0.3 is 25.0 Å². The van der Waals surface area contributed by atoms with Crippen LogP contribution >= 0.6 is 0 Å². The predicted octanol–water partition coefficient (Wildman–Crippen LogP) is 1.80. The number of ether oxygens (including phenoxy) is 1. The van der Waals surface area contributed by atoms with Crippen LogP contribution in [-0.4, -0.2) is 63.0 Å². The molecule has 0 saturated carbocycles. The van der Waals surface area contributed by atoms with Crippen molar-refractivity contribution in [3.63, 3.8) is 0 Å². The number of nitrogens with zero attached hydrogens (tertiary/aromatic N) is 3. The van der Waals surface area contributed by atoms with Crippen molar-refractivity contribution in [1.82, 2.24) is 14.5 Å². The first-order valence-corrected chi connectivity index (χ1v) is 11.7. The molecule has 1 aromatic carbocycles. The van der Waals surface area contributed by atoms with Crippen LogP contribution in [0.15, 0.2) is 23.1 Å². The Kier molecular flexibility index (Phi) is 6.04. The summed E-state index contributed by atoms with van der Waals surface area (Å²) in [6.45, 7) is 1.52. The highest BCUT2D eigenvalue weighted by atomic mass is 19.1. The molecule has 3 N–H and O–H groups in total. The third kappa shape index (κ3) is 3.88. The number of hydroxylamine groups is 2. The Morgan fingerprint density at radius 1 is 1.27 bits per heavy atom. The number of amides is 2. The second-order valence-corrected chi connectivity index (χ2v) is 9.68. The zero-order valence-electron chi connectivity index (χ0n) is 20.0. The SMILES string of the molecule is COC1C[C@]2(CC[C@H](C)N3C[C@H]2n2cc(C(N)=O)c(=O)c(O)c2C3=O)ON1Cc1c(F)cc(F)cc1F. The second kappa shape index (κ2) is 8.85. The lowest BCUT2D eigenvalue weighted by Crippen LogP contribution is -2.52. The summed E-state index contributed by atoms with van der Waals surface area (Å²) in [7, 11) is 1.40. The van der Waals surface area contributed by atoms with Gasteiger partial charge >= 0.3 is 0 Å². The van der Waals surface area contributed by atoms with E-state index in [-0.39, 0.29) is 24.7 Å². The van der Waals surface area contributed by atoms with Gasteiger partial charge in [-0.15, -0.1) is 0 Å². The number of benzene rings is 1. The first-order chi connectivity index (χ1) is 17.5. The van der Waals surface area contributed by atoms with Crippen molar-refractivity contribution < 1.29 is 37.4 Å². The Hall–Kier alpha value is -3.42. The van der Waals surface area contributed by atoms with Crippen molar-refractivity contribution in [1.29, 1.82) is 0 Å². The number of halogens is 3. The highest BCUT2D eigenvalue weighted by Gasteiger charge is 2.56. The first kappa shape index (κ1) is 25.2. The van der Waals surface area contributed by atoms with E-state index in [0.717, 1.165) is 6.20 Å². The molecule has 2 amide bonds. The number of carbonyl (C=O) groups excluding carboxylic acids is 2. The zero-order chi connectivity index (χ0) is 26.8. The topological polar surface area (TPSA) is 127 Å². The lowest BCUT2D eigenvalue weighted by molar-refractivity contribution is -0.253. The zero-order valence-corrected chi connectivity index (χ0v) is 20.0. The van der Waals surface area contributed by atoms with Crippen LogP contribution in [0.3, 0.4) is 0 Å². The summed E-state index contributed by atoms with van der Waals surface area (Å²) < 4.78 is 49.2. The Morgan fingerprint density at radius 3 is 2.57 bits per heavy atom. The number of hydrogen-bond acceptors (Lipinski definition) is 7. The summed E-state index contributed by atoms with van der Waals surface area (Å²) in [6, 6.07) is 0.134. The van der Waals surface area contributed by atoms with E-state index in [1.165, 1.54) is 21.6 Å². The molecule has 3 aliphatic rings. The fourth-order valence-corrected chi connectivity index (χ4v) is 5.61. The maximum atomic E-state index is 14.4. The van der Waals surface area contributed by atoms with Crippen LogP contribution in [0.1, 0.15) is 58.6 Å². The molecule has 2 saturated heterocycles. The molecule has 5 rings (SSSR count). The van der Waals surface area contributed by atoms with Gasteiger partial charge in [-0.3, -0.25) is 19.2 Å². The van der Waals surface area contributed by atoms with Gasteiger partial charge in [-0.2, -0.15) is 5.06 Å². The van der Waals surface area contributed by atoms with Gasteiger partial charge in [0.2, 0.25) is 5.43 Å². The van der Waals surface area contributed by atoms with Gasteiger partial charge in [-0.1, -0.05) is 0 Å². The summed E-state index contributed by atoms with van der Waals surface area (Å²) in [6.07, 6.45) is 1.38. The quantitative estimate of drug-likeness (QED) is 0.627. The number of aromatic nitrogens is 1. The largest absolute Gasteiger partial charge is 0.503 e. The third-order valence-corrected chi connectivity index (χ3v) is 7.60. The van der Waals surface area contributed by atoms with E-state index in [0.29, 0.717) is 25.0 Å². The molecular weight excluding hydrogens is 497 g/mol. The molecule has 2 aromatic rings. The number of fused-ring (bicyclic) bond motifs is 5. The molecule has 10 nitrogen and oxygen atoms in total. The van der Waals surface area contributed by atoms with Crippen LogP contribution in [-0.2, 0) is 16.1 Å². The summed E-state index contributed by atoms with van der Waals surface area (Å²) in [4.78, 5) is 45.7. The van der Waals surface area contributed by atoms with Gasteiger partial charge in [-0.05, 0) is 19.8 Å². The van der Waals surface area contributed by atoms with Gasteiger partial charge in [-0.25, -0.2) is 13.2 Å². The fourth-order valence-electron chi connectivity index (χ4n) is 5.61. The van der Waals surface area contributed by atoms with Gasteiger partial charge in [0.25, 0.3) is 11.8 Å². The van der Waals surface area contributed by atoms with Crippen LogP contribution in [0, 0.1) is 17.5 Å². The standard InChI is InChI=1S/C24H25F3N4O6/c1-11-3-4-24(7-18(36-2)31(37-24)9-13-15(26)5-12(25)6-16(13)27)17-10-29(11)23(35)19-21(33)20(32)14(22(28)34)8-30(17)19/h5-6,8,11,17-18,33H,3-4,7,9-10H2,1-2H3,(H2,28,34)/t11-,17+,18?,24-/m0/s1. The molecule has 1 aromatic heterocycles. The minimum atomic E-state index is -1.12. The molecule has 2 bridgehead atoms. The Labute approximate surface area is 208 Å². The van der Waals surface area contributed by atoms with Crippen LogP contribution in [0.5, 0.6) is 5.75 Å². The maximum Gasteiger partial charge on any atom is 0.274 e. The number of hydrogen-bond donors (Lipinski definition) is 2. The molecular formula is C24H25F3N4O6. The molecule has 1 unspecified atom stereocenters. The number of nitrogens with two attached hydrogens (primary N) is 1. The van der Waals surface area contributed by atoms with Crippen LogP contribution in [0.25, 0.3) is 0 Å². The fraction of sp³-hybridized carbons (Fsp3) is 0.458. The van der Waals surface area contributed by atoms with Gasteiger partial charge in [0.15, 0.2) is 11.4 Å². The van der Waals surface area contributed by atoms with Crippen LogP contribution in [0.4, 0.5) is 13.2 Å². The first-order valence-electron chi connectivity index (χ1n) is 11.7. The summed E-state index contributed by atoms with van der Waals surface area (Å²) in [5, 5.41) is 11.9. The number of methoxy groups -OCH3 is 1. The number of aromatic hydroxyl groups is 1. The van der Waals surface area contributed by atoms with Gasteiger partial charge in [0.05, 0.1) is 12.6 Å². The summed E-state index contributed by atoms with van der Waals surface area (Å²) in [5.41, 5.74) is 1.96. The molecule has 3 aliphatic heterocycles. The van der Waals surface area contributed by atoms with Gasteiger partial charge in [0.1, 0.15) is 34.8 Å². The van der Waals surface area contributed by atoms with Crippen LogP contribution in [0.2, 0.25) is 0 Å². The van der Waals surface area contributed by atoms with E-state index in [1.54, 1.807) is 0 Å². The van der Waals surface area contributed by atoms with Crippen molar-refractivity contribution in [3.8, 4) is 5.75 Å². The molecule has 37 heavy (non-hydrogen) atoms. The van der Waals surface area contributed by atoms with Crippen molar-refractivity contribution >= 4 is 11.8 Å². The monoisotopic (exact) mass is 522 g/mol. The normalized spacial score (nSPS) is 27.4. The van der Waals surface area contributed by atoms with Gasteiger partial charge in [0, 0.05) is 50.0 Å². The number of primary amides is 1. The molecule has 13 heteroatoms. The highest BCUT2D eigenvalue weighted by Crippen LogP contribution is 2.49. The molecule has 0 aliphatic carbocycles. The highest BCUT2D eigenvalue weighted by molar-refractivity contribution is 5.99. The molecule has 4 heterocycles. The molecule has 1 spiro atoms. The smallest absolute Gasteiger partial charge is 0.274 e. The second-order valence-electron chi connectivity index (χ2n) is 9.68. The van der Waals surface area contributed by atoms with E-state index in [9.17, 15) is 32.7 Å². The maximum absolute atomic E-state index is 14.4. The average molecular weight is 522 g/mol. The van der Waals surface area contributed by atoms with Crippen LogP contribution < -0.4 is 11.2 Å². The molecule has 0 radical (unpaired) electrons. The predicted molar refractivity (Wildman–Crippen MR) is 121 cm³/mol. The number of rotatable bonds is 4. The molecule has 4 atom stereocenters. The lowest BCUT2D eigenvalue weighted by atomic mass is 9.85. The number of pyridine rings is 1. The van der Waals surface area contributed by atoms with E-state index in [4.69, 9.17) is 15.3 Å².